The number of rotatable bonds is 2. The molecule has 19 heavy (non-hydrogen) atoms. The Balaban J connectivity index is 1.81. The summed E-state index contributed by atoms with van der Waals surface area (Å²) in [6.45, 7) is 1.12. The number of amides is 1. The van der Waals surface area contributed by atoms with Gasteiger partial charge in [0.05, 0.1) is 17.8 Å². The van der Waals surface area contributed by atoms with Crippen LogP contribution in [-0.4, -0.2) is 59.9 Å². The zero-order valence-electron chi connectivity index (χ0n) is 10.5. The van der Waals surface area contributed by atoms with Gasteiger partial charge in [-0.2, -0.15) is 4.31 Å². The molecule has 8 heteroatoms. The van der Waals surface area contributed by atoms with Gasteiger partial charge in [0, 0.05) is 24.5 Å². The Morgan fingerprint density at radius 2 is 2.11 bits per heavy atom. The van der Waals surface area contributed by atoms with E-state index in [0.717, 1.165) is 0 Å². The number of likely N-dealkylation sites (tertiary alicyclic amines) is 1. The standard InChI is InChI=1S/C11H15N3O3S2/c1-19(16,17)14-5-3-9-10(14)2-4-13(9)11(15)8-6-18-7-12-8/h6-7,9-10H,2-5H2,1H3/t9-,10+/m1/s1. The molecule has 1 aromatic rings. The van der Waals surface area contributed by atoms with Crippen LogP contribution in [0.5, 0.6) is 0 Å². The van der Waals surface area contributed by atoms with Crippen molar-refractivity contribution < 1.29 is 13.2 Å². The van der Waals surface area contributed by atoms with Gasteiger partial charge in [-0.3, -0.25) is 4.79 Å². The van der Waals surface area contributed by atoms with Crippen molar-refractivity contribution in [3.8, 4) is 0 Å². The van der Waals surface area contributed by atoms with E-state index in [2.05, 4.69) is 4.98 Å². The Morgan fingerprint density at radius 1 is 1.37 bits per heavy atom. The number of hydrogen-bond acceptors (Lipinski definition) is 5. The second kappa shape index (κ2) is 4.53. The van der Waals surface area contributed by atoms with E-state index in [4.69, 9.17) is 0 Å². The number of carbonyl (C=O) groups excluding carboxylic acids is 1. The Kier molecular flexibility index (Phi) is 3.11. The summed E-state index contributed by atoms with van der Waals surface area (Å²) in [5, 5.41) is 1.74. The monoisotopic (exact) mass is 301 g/mol. The fourth-order valence-electron chi connectivity index (χ4n) is 3.08. The molecule has 3 rings (SSSR count). The second-order valence-corrected chi connectivity index (χ2v) is 7.61. The number of fused-ring (bicyclic) bond motifs is 1. The van der Waals surface area contributed by atoms with E-state index >= 15 is 0 Å². The van der Waals surface area contributed by atoms with Gasteiger partial charge >= 0.3 is 0 Å². The topological polar surface area (TPSA) is 70.6 Å². The minimum atomic E-state index is -3.18. The van der Waals surface area contributed by atoms with Gasteiger partial charge in [0.15, 0.2) is 0 Å². The van der Waals surface area contributed by atoms with Crippen molar-refractivity contribution in [3.63, 3.8) is 0 Å². The lowest BCUT2D eigenvalue weighted by atomic mass is 10.1. The molecule has 3 heterocycles. The van der Waals surface area contributed by atoms with E-state index in [1.165, 1.54) is 21.9 Å². The fraction of sp³-hybridized carbons (Fsp3) is 0.636. The Bertz CT molecular complexity index is 584. The highest BCUT2D eigenvalue weighted by Crippen LogP contribution is 2.33. The number of hydrogen-bond donors (Lipinski definition) is 0. The summed E-state index contributed by atoms with van der Waals surface area (Å²) in [6, 6.07) is -0.0542. The van der Waals surface area contributed by atoms with Crippen LogP contribution in [0.15, 0.2) is 10.9 Å². The zero-order valence-corrected chi connectivity index (χ0v) is 12.2. The molecule has 104 valence electrons. The van der Waals surface area contributed by atoms with Gasteiger partial charge in [0.1, 0.15) is 5.69 Å². The normalized spacial score (nSPS) is 27.7. The van der Waals surface area contributed by atoms with Crippen LogP contribution in [0.4, 0.5) is 0 Å². The van der Waals surface area contributed by atoms with Gasteiger partial charge in [-0.15, -0.1) is 11.3 Å². The quantitative estimate of drug-likeness (QED) is 0.792. The molecule has 2 aliphatic heterocycles. The predicted octanol–water partition coefficient (Wildman–Crippen LogP) is 0.392. The Labute approximate surface area is 116 Å². The van der Waals surface area contributed by atoms with Gasteiger partial charge < -0.3 is 4.90 Å². The average molecular weight is 301 g/mol. The first kappa shape index (κ1) is 13.0. The molecule has 0 aliphatic carbocycles. The van der Waals surface area contributed by atoms with Crippen LogP contribution < -0.4 is 0 Å². The lowest BCUT2D eigenvalue weighted by molar-refractivity contribution is 0.0730. The zero-order chi connectivity index (χ0) is 13.6. The van der Waals surface area contributed by atoms with Gasteiger partial charge in [-0.1, -0.05) is 0 Å². The summed E-state index contributed by atoms with van der Waals surface area (Å²) < 4.78 is 24.9. The van der Waals surface area contributed by atoms with Crippen molar-refractivity contribution in [1.29, 1.82) is 0 Å². The molecule has 0 radical (unpaired) electrons. The minimum absolute atomic E-state index is 0.00363. The summed E-state index contributed by atoms with van der Waals surface area (Å²) >= 11 is 1.39. The van der Waals surface area contributed by atoms with Crippen LogP contribution in [0, 0.1) is 0 Å². The Morgan fingerprint density at radius 3 is 2.74 bits per heavy atom. The summed E-state index contributed by atoms with van der Waals surface area (Å²) in [5.74, 6) is -0.0795. The molecule has 2 saturated heterocycles. The lowest BCUT2D eigenvalue weighted by Crippen LogP contribution is -2.41. The summed E-state index contributed by atoms with van der Waals surface area (Å²) in [6.07, 6.45) is 2.67. The second-order valence-electron chi connectivity index (χ2n) is 4.96. The van der Waals surface area contributed by atoms with Crippen LogP contribution in [0.3, 0.4) is 0 Å². The number of carbonyl (C=O) groups is 1. The SMILES string of the molecule is CS(=O)(=O)N1CC[C@@H]2[C@@H]1CCN2C(=O)c1cscn1. The van der Waals surface area contributed by atoms with Crippen molar-refractivity contribution >= 4 is 27.3 Å². The van der Waals surface area contributed by atoms with E-state index < -0.39 is 10.0 Å². The maximum Gasteiger partial charge on any atom is 0.273 e. The molecule has 0 bridgehead atoms. The molecule has 6 nitrogen and oxygen atoms in total. The van der Waals surface area contributed by atoms with Gasteiger partial charge in [0.25, 0.3) is 5.91 Å². The summed E-state index contributed by atoms with van der Waals surface area (Å²) in [5.41, 5.74) is 2.10. The first-order chi connectivity index (χ1) is 8.98. The van der Waals surface area contributed by atoms with E-state index in [1.54, 1.807) is 15.8 Å². The molecule has 0 aromatic carbocycles. The van der Waals surface area contributed by atoms with Gasteiger partial charge in [-0.05, 0) is 12.8 Å². The highest BCUT2D eigenvalue weighted by atomic mass is 32.2. The molecular weight excluding hydrogens is 286 g/mol. The largest absolute Gasteiger partial charge is 0.333 e. The molecule has 0 N–H and O–H groups in total. The molecule has 0 unspecified atom stereocenters. The smallest absolute Gasteiger partial charge is 0.273 e. The van der Waals surface area contributed by atoms with E-state index in [-0.39, 0.29) is 18.0 Å². The van der Waals surface area contributed by atoms with Crippen molar-refractivity contribution in [2.24, 2.45) is 0 Å². The van der Waals surface area contributed by atoms with Crippen molar-refractivity contribution in [1.82, 2.24) is 14.2 Å². The maximum absolute atomic E-state index is 12.3. The summed E-state index contributed by atoms with van der Waals surface area (Å²) in [7, 11) is -3.18. The number of aromatic nitrogens is 1. The number of sulfonamides is 1. The maximum atomic E-state index is 12.3. The molecule has 2 fully saturated rings. The van der Waals surface area contributed by atoms with Crippen LogP contribution in [-0.2, 0) is 10.0 Å². The van der Waals surface area contributed by atoms with Crippen LogP contribution in [0.25, 0.3) is 0 Å². The van der Waals surface area contributed by atoms with E-state index in [9.17, 15) is 13.2 Å². The van der Waals surface area contributed by atoms with Crippen LogP contribution >= 0.6 is 11.3 Å². The lowest BCUT2D eigenvalue weighted by Gasteiger charge is -2.24. The number of thiazole rings is 1. The van der Waals surface area contributed by atoms with E-state index in [0.29, 0.717) is 31.6 Å². The first-order valence-electron chi connectivity index (χ1n) is 6.14. The predicted molar refractivity (Wildman–Crippen MR) is 71.5 cm³/mol. The van der Waals surface area contributed by atoms with E-state index in [1.807, 2.05) is 0 Å². The third-order valence-electron chi connectivity index (χ3n) is 3.86. The molecule has 1 amide bonds. The van der Waals surface area contributed by atoms with Crippen molar-refractivity contribution in [2.45, 2.75) is 24.9 Å². The number of nitrogens with zero attached hydrogens (tertiary/aromatic N) is 3. The minimum Gasteiger partial charge on any atom is -0.333 e. The van der Waals surface area contributed by atoms with Crippen molar-refractivity contribution in [3.05, 3.63) is 16.6 Å². The fourth-order valence-corrected chi connectivity index (χ4v) is 4.78. The molecule has 1 aromatic heterocycles. The van der Waals surface area contributed by atoms with Gasteiger partial charge in [0.2, 0.25) is 10.0 Å². The Hall–Kier alpha value is -0.990. The molecular formula is C11H15N3O3S2. The highest BCUT2D eigenvalue weighted by Gasteiger charge is 2.47. The highest BCUT2D eigenvalue weighted by molar-refractivity contribution is 7.88. The first-order valence-corrected chi connectivity index (χ1v) is 8.93. The molecule has 2 atom stereocenters. The van der Waals surface area contributed by atoms with Crippen LogP contribution in [0.2, 0.25) is 0 Å². The summed E-state index contributed by atoms with van der Waals surface area (Å²) in [4.78, 5) is 18.1. The molecule has 0 spiro atoms. The molecule has 2 aliphatic rings. The van der Waals surface area contributed by atoms with Crippen LogP contribution in [0.1, 0.15) is 23.3 Å². The molecule has 0 saturated carbocycles. The van der Waals surface area contributed by atoms with Gasteiger partial charge in [-0.25, -0.2) is 13.4 Å². The average Bonchev–Trinajstić information content (AvgIpc) is 3.03. The third-order valence-corrected chi connectivity index (χ3v) is 5.76. The third kappa shape index (κ3) is 2.17. The van der Waals surface area contributed by atoms with Crippen molar-refractivity contribution in [2.75, 3.05) is 19.3 Å².